The highest BCUT2D eigenvalue weighted by atomic mass is 35.5. The molecule has 0 aliphatic carbocycles. The molecule has 1 heterocycles. The number of ether oxygens (including phenoxy) is 1. The summed E-state index contributed by atoms with van der Waals surface area (Å²) >= 11 is 11.9. The predicted octanol–water partition coefficient (Wildman–Crippen LogP) is 4.16. The quantitative estimate of drug-likeness (QED) is 0.845. The van der Waals surface area contributed by atoms with E-state index in [1.165, 1.54) is 0 Å². The first-order valence-corrected chi connectivity index (χ1v) is 6.06. The summed E-state index contributed by atoms with van der Waals surface area (Å²) in [5.41, 5.74) is 0.965. The maximum absolute atomic E-state index is 6.12. The molecule has 2 rings (SSSR count). The minimum atomic E-state index is 0.515. The molecule has 0 saturated heterocycles. The molecule has 0 aliphatic heterocycles. The average Bonchev–Trinajstić information content (AvgIpc) is 2.38. The molecule has 0 unspecified atom stereocenters. The van der Waals surface area contributed by atoms with Gasteiger partial charge in [-0.05, 0) is 30.3 Å². The number of hydrogen-bond donors (Lipinski definition) is 0. The Hall–Kier alpha value is -1.45. The molecule has 0 amide bonds. The summed E-state index contributed by atoms with van der Waals surface area (Å²) < 4.78 is 5.12. The van der Waals surface area contributed by atoms with Crippen molar-refractivity contribution in [1.29, 1.82) is 0 Å². The second-order valence-electron chi connectivity index (χ2n) is 3.72. The van der Waals surface area contributed by atoms with Crippen LogP contribution in [0.4, 0.5) is 11.5 Å². The van der Waals surface area contributed by atoms with Crippen molar-refractivity contribution in [2.45, 2.75) is 0 Å². The van der Waals surface area contributed by atoms with Gasteiger partial charge >= 0.3 is 0 Å². The van der Waals surface area contributed by atoms with Crippen molar-refractivity contribution in [2.24, 2.45) is 0 Å². The molecule has 94 valence electrons. The van der Waals surface area contributed by atoms with Gasteiger partial charge in [-0.2, -0.15) is 0 Å². The summed E-state index contributed by atoms with van der Waals surface area (Å²) in [5.74, 6) is 1.47. The van der Waals surface area contributed by atoms with Crippen molar-refractivity contribution < 1.29 is 4.74 Å². The van der Waals surface area contributed by atoms with E-state index in [0.29, 0.717) is 15.9 Å². The van der Waals surface area contributed by atoms with E-state index in [0.717, 1.165) is 11.4 Å². The molecule has 0 atom stereocenters. The molecule has 2 aromatic rings. The molecule has 1 aromatic carbocycles. The number of benzene rings is 1. The third-order valence-corrected chi connectivity index (χ3v) is 3.05. The molecule has 1 aromatic heterocycles. The standard InChI is InChI=1S/C13H12Cl2N2O/c1-17(10-3-5-11(18-2)6-4-10)13-12(15)7-9(14)8-16-13/h3-8H,1-2H3. The first kappa shape index (κ1) is 13.0. The van der Waals surface area contributed by atoms with Crippen molar-refractivity contribution in [2.75, 3.05) is 19.1 Å². The summed E-state index contributed by atoms with van der Waals surface area (Å²) in [6.07, 6.45) is 1.57. The number of hydrogen-bond acceptors (Lipinski definition) is 3. The van der Waals surface area contributed by atoms with Crippen LogP contribution in [-0.2, 0) is 0 Å². The third-order valence-electron chi connectivity index (χ3n) is 2.57. The van der Waals surface area contributed by atoms with Crippen LogP contribution in [0.2, 0.25) is 10.0 Å². The summed E-state index contributed by atoms with van der Waals surface area (Å²) in [7, 11) is 3.53. The Balaban J connectivity index is 2.31. The van der Waals surface area contributed by atoms with E-state index >= 15 is 0 Å². The number of nitrogens with zero attached hydrogens (tertiary/aromatic N) is 2. The monoisotopic (exact) mass is 282 g/mol. The van der Waals surface area contributed by atoms with Crippen molar-refractivity contribution in [3.63, 3.8) is 0 Å². The van der Waals surface area contributed by atoms with Crippen molar-refractivity contribution >= 4 is 34.7 Å². The number of halogens is 2. The highest BCUT2D eigenvalue weighted by Crippen LogP contribution is 2.30. The molecule has 0 fully saturated rings. The molecule has 0 N–H and O–H groups in total. The Morgan fingerprint density at radius 3 is 2.39 bits per heavy atom. The molecular weight excluding hydrogens is 271 g/mol. The zero-order valence-electron chi connectivity index (χ0n) is 10.0. The summed E-state index contributed by atoms with van der Waals surface area (Å²) in [4.78, 5) is 6.11. The van der Waals surface area contributed by atoms with E-state index in [9.17, 15) is 0 Å². The molecule has 0 bridgehead atoms. The number of anilines is 2. The second-order valence-corrected chi connectivity index (χ2v) is 4.56. The van der Waals surface area contributed by atoms with Gasteiger partial charge in [0.2, 0.25) is 0 Å². The maximum atomic E-state index is 6.12. The summed E-state index contributed by atoms with van der Waals surface area (Å²) in [5, 5.41) is 1.03. The molecule has 3 nitrogen and oxygen atoms in total. The van der Waals surface area contributed by atoms with Gasteiger partial charge in [0.05, 0.1) is 17.2 Å². The second kappa shape index (κ2) is 5.46. The van der Waals surface area contributed by atoms with Gasteiger partial charge in [0, 0.05) is 18.9 Å². The van der Waals surface area contributed by atoms with Gasteiger partial charge in [0.15, 0.2) is 5.82 Å². The zero-order chi connectivity index (χ0) is 13.1. The Morgan fingerprint density at radius 2 is 1.83 bits per heavy atom. The molecule has 0 saturated carbocycles. The fraction of sp³-hybridized carbons (Fsp3) is 0.154. The molecule has 0 spiro atoms. The normalized spacial score (nSPS) is 10.2. The van der Waals surface area contributed by atoms with Gasteiger partial charge in [-0.25, -0.2) is 4.98 Å². The number of rotatable bonds is 3. The number of pyridine rings is 1. The zero-order valence-corrected chi connectivity index (χ0v) is 11.5. The smallest absolute Gasteiger partial charge is 0.151 e. The lowest BCUT2D eigenvalue weighted by Gasteiger charge is -2.19. The third kappa shape index (κ3) is 2.68. The minimum Gasteiger partial charge on any atom is -0.497 e. The minimum absolute atomic E-state index is 0.515. The van der Waals surface area contributed by atoms with Gasteiger partial charge in [-0.15, -0.1) is 0 Å². The average molecular weight is 283 g/mol. The SMILES string of the molecule is COc1ccc(N(C)c2ncc(Cl)cc2Cl)cc1. The summed E-state index contributed by atoms with van der Waals surface area (Å²) in [6, 6.07) is 9.31. The van der Waals surface area contributed by atoms with Gasteiger partial charge in [0.1, 0.15) is 5.75 Å². The Morgan fingerprint density at radius 1 is 1.17 bits per heavy atom. The lowest BCUT2D eigenvalue weighted by molar-refractivity contribution is 0.415. The van der Waals surface area contributed by atoms with Crippen LogP contribution in [0.3, 0.4) is 0 Å². The fourth-order valence-electron chi connectivity index (χ4n) is 1.58. The van der Waals surface area contributed by atoms with Gasteiger partial charge < -0.3 is 9.64 Å². The molecular formula is C13H12Cl2N2O. The van der Waals surface area contributed by atoms with Gasteiger partial charge in [-0.3, -0.25) is 0 Å². The topological polar surface area (TPSA) is 25.4 Å². The van der Waals surface area contributed by atoms with E-state index in [-0.39, 0.29) is 0 Å². The van der Waals surface area contributed by atoms with Crippen LogP contribution in [0.15, 0.2) is 36.5 Å². The van der Waals surface area contributed by atoms with Crippen LogP contribution in [-0.4, -0.2) is 19.1 Å². The molecule has 5 heteroatoms. The van der Waals surface area contributed by atoms with Crippen LogP contribution in [0.1, 0.15) is 0 Å². The fourth-order valence-corrected chi connectivity index (χ4v) is 2.09. The highest BCUT2D eigenvalue weighted by Gasteiger charge is 2.10. The van der Waals surface area contributed by atoms with E-state index in [2.05, 4.69) is 4.98 Å². The predicted molar refractivity (Wildman–Crippen MR) is 75.3 cm³/mol. The van der Waals surface area contributed by atoms with Crippen LogP contribution in [0.25, 0.3) is 0 Å². The largest absolute Gasteiger partial charge is 0.497 e. The molecule has 0 aliphatic rings. The van der Waals surface area contributed by atoms with E-state index in [1.807, 2.05) is 36.2 Å². The van der Waals surface area contributed by atoms with E-state index in [1.54, 1.807) is 19.4 Å². The lowest BCUT2D eigenvalue weighted by Crippen LogP contribution is -2.11. The van der Waals surface area contributed by atoms with Crippen molar-refractivity contribution in [3.05, 3.63) is 46.6 Å². The van der Waals surface area contributed by atoms with Gasteiger partial charge in [0.25, 0.3) is 0 Å². The van der Waals surface area contributed by atoms with Crippen molar-refractivity contribution in [3.8, 4) is 5.75 Å². The molecule has 18 heavy (non-hydrogen) atoms. The molecule has 0 radical (unpaired) electrons. The Kier molecular flexibility index (Phi) is 3.94. The van der Waals surface area contributed by atoms with Crippen molar-refractivity contribution in [1.82, 2.24) is 4.98 Å². The first-order chi connectivity index (χ1) is 8.61. The van der Waals surface area contributed by atoms with Crippen LogP contribution in [0.5, 0.6) is 5.75 Å². The number of aromatic nitrogens is 1. The highest BCUT2D eigenvalue weighted by molar-refractivity contribution is 6.36. The Labute approximate surface area is 116 Å². The van der Waals surface area contributed by atoms with Gasteiger partial charge in [-0.1, -0.05) is 23.2 Å². The lowest BCUT2D eigenvalue weighted by atomic mass is 10.3. The Bertz CT molecular complexity index is 543. The van der Waals surface area contributed by atoms with E-state index in [4.69, 9.17) is 27.9 Å². The van der Waals surface area contributed by atoms with Crippen LogP contribution in [0, 0.1) is 0 Å². The maximum Gasteiger partial charge on any atom is 0.151 e. The summed E-state index contributed by atoms with van der Waals surface area (Å²) in [6.45, 7) is 0. The van der Waals surface area contributed by atoms with Crippen LogP contribution < -0.4 is 9.64 Å². The first-order valence-electron chi connectivity index (χ1n) is 5.30. The van der Waals surface area contributed by atoms with Crippen LogP contribution >= 0.6 is 23.2 Å². The van der Waals surface area contributed by atoms with E-state index < -0.39 is 0 Å². The number of methoxy groups -OCH3 is 1.